The maximum Gasteiger partial charge on any atom is 0.0690 e. The zero-order chi connectivity index (χ0) is 10.8. The summed E-state index contributed by atoms with van der Waals surface area (Å²) in [5.41, 5.74) is 2.18. The third-order valence-corrected chi connectivity index (χ3v) is 2.47. The van der Waals surface area contributed by atoms with Crippen molar-refractivity contribution >= 4 is 11.6 Å². The second-order valence-electron chi connectivity index (χ2n) is 3.61. The molecular formula is C10H13ClN4. The normalized spacial score (nSPS) is 13.0. The van der Waals surface area contributed by atoms with Crippen LogP contribution in [0.15, 0.2) is 24.8 Å². The Morgan fingerprint density at radius 1 is 1.33 bits per heavy atom. The SMILES string of the molecule is CC(Cl)c1cnn(Cc2cnn(C)c2)c1. The fourth-order valence-electron chi connectivity index (χ4n) is 1.41. The summed E-state index contributed by atoms with van der Waals surface area (Å²) >= 11 is 5.95. The summed E-state index contributed by atoms with van der Waals surface area (Å²) in [4.78, 5) is 0. The maximum atomic E-state index is 5.95. The van der Waals surface area contributed by atoms with Crippen LogP contribution >= 0.6 is 11.6 Å². The van der Waals surface area contributed by atoms with Crippen molar-refractivity contribution in [1.29, 1.82) is 0 Å². The van der Waals surface area contributed by atoms with Gasteiger partial charge in [-0.3, -0.25) is 9.36 Å². The minimum absolute atomic E-state index is 0.00708. The van der Waals surface area contributed by atoms with Crippen LogP contribution in [-0.4, -0.2) is 19.6 Å². The zero-order valence-corrected chi connectivity index (χ0v) is 9.52. The highest BCUT2D eigenvalue weighted by atomic mass is 35.5. The molecule has 2 rings (SSSR count). The lowest BCUT2D eigenvalue weighted by atomic mass is 10.3. The van der Waals surface area contributed by atoms with Gasteiger partial charge in [0.15, 0.2) is 0 Å². The third kappa shape index (κ3) is 2.39. The van der Waals surface area contributed by atoms with E-state index in [2.05, 4.69) is 10.2 Å². The molecular weight excluding hydrogens is 212 g/mol. The summed E-state index contributed by atoms with van der Waals surface area (Å²) in [7, 11) is 1.90. The molecule has 0 aromatic carbocycles. The van der Waals surface area contributed by atoms with Crippen molar-refractivity contribution < 1.29 is 0 Å². The number of halogens is 1. The van der Waals surface area contributed by atoms with Gasteiger partial charge in [-0.25, -0.2) is 0 Å². The number of hydrogen-bond donors (Lipinski definition) is 0. The summed E-state index contributed by atoms with van der Waals surface area (Å²) in [5.74, 6) is 0. The van der Waals surface area contributed by atoms with E-state index in [1.54, 1.807) is 10.9 Å². The summed E-state index contributed by atoms with van der Waals surface area (Å²) in [6.45, 7) is 2.67. The van der Waals surface area contributed by atoms with Gasteiger partial charge in [0.2, 0.25) is 0 Å². The first-order valence-electron chi connectivity index (χ1n) is 4.79. The van der Waals surface area contributed by atoms with Crippen LogP contribution in [0.3, 0.4) is 0 Å². The first-order chi connectivity index (χ1) is 7.15. The van der Waals surface area contributed by atoms with Gasteiger partial charge in [0.25, 0.3) is 0 Å². The molecule has 1 atom stereocenters. The summed E-state index contributed by atoms with van der Waals surface area (Å²) in [6, 6.07) is 0. The van der Waals surface area contributed by atoms with Crippen LogP contribution in [0.25, 0.3) is 0 Å². The minimum atomic E-state index is 0.00708. The average molecular weight is 225 g/mol. The molecule has 0 fully saturated rings. The largest absolute Gasteiger partial charge is 0.275 e. The van der Waals surface area contributed by atoms with E-state index in [1.807, 2.05) is 37.2 Å². The van der Waals surface area contributed by atoms with Crippen LogP contribution in [0.1, 0.15) is 23.4 Å². The van der Waals surface area contributed by atoms with Crippen LogP contribution in [0.2, 0.25) is 0 Å². The molecule has 1 unspecified atom stereocenters. The molecule has 0 bridgehead atoms. The summed E-state index contributed by atoms with van der Waals surface area (Å²) in [5, 5.41) is 8.35. The van der Waals surface area contributed by atoms with Gasteiger partial charge in [0.1, 0.15) is 0 Å². The van der Waals surface area contributed by atoms with E-state index in [1.165, 1.54) is 0 Å². The predicted octanol–water partition coefficient (Wildman–Crippen LogP) is 1.96. The van der Waals surface area contributed by atoms with Crippen LogP contribution < -0.4 is 0 Å². The van der Waals surface area contributed by atoms with E-state index < -0.39 is 0 Å². The quantitative estimate of drug-likeness (QED) is 0.748. The van der Waals surface area contributed by atoms with Crippen LogP contribution in [0, 0.1) is 0 Å². The molecule has 0 aliphatic heterocycles. The van der Waals surface area contributed by atoms with E-state index in [4.69, 9.17) is 11.6 Å². The Bertz CT molecular complexity index is 444. The molecule has 2 aromatic rings. The van der Waals surface area contributed by atoms with Gasteiger partial charge >= 0.3 is 0 Å². The van der Waals surface area contributed by atoms with E-state index in [0.717, 1.165) is 17.7 Å². The fourth-order valence-corrected chi connectivity index (χ4v) is 1.52. The van der Waals surface area contributed by atoms with E-state index in [-0.39, 0.29) is 5.38 Å². The number of hydrogen-bond acceptors (Lipinski definition) is 2. The monoisotopic (exact) mass is 224 g/mol. The molecule has 0 N–H and O–H groups in total. The number of rotatable bonds is 3. The van der Waals surface area contributed by atoms with Crippen molar-refractivity contribution in [3.8, 4) is 0 Å². The van der Waals surface area contributed by atoms with Crippen molar-refractivity contribution in [3.05, 3.63) is 35.9 Å². The van der Waals surface area contributed by atoms with Gasteiger partial charge in [0, 0.05) is 30.6 Å². The van der Waals surface area contributed by atoms with Crippen LogP contribution in [0.5, 0.6) is 0 Å². The number of aryl methyl sites for hydroxylation is 1. The molecule has 0 aliphatic carbocycles. The Balaban J connectivity index is 2.11. The van der Waals surface area contributed by atoms with Crippen LogP contribution in [-0.2, 0) is 13.6 Å². The average Bonchev–Trinajstić information content (AvgIpc) is 2.76. The number of alkyl halides is 1. The van der Waals surface area contributed by atoms with Gasteiger partial charge < -0.3 is 0 Å². The molecule has 0 spiro atoms. The molecule has 0 aliphatic rings. The van der Waals surface area contributed by atoms with Crippen molar-refractivity contribution in [2.45, 2.75) is 18.8 Å². The highest BCUT2D eigenvalue weighted by molar-refractivity contribution is 6.20. The smallest absolute Gasteiger partial charge is 0.0690 e. The van der Waals surface area contributed by atoms with Crippen molar-refractivity contribution in [2.24, 2.45) is 7.05 Å². The fraction of sp³-hybridized carbons (Fsp3) is 0.400. The number of aromatic nitrogens is 4. The third-order valence-electron chi connectivity index (χ3n) is 2.22. The topological polar surface area (TPSA) is 35.6 Å². The summed E-state index contributed by atoms with van der Waals surface area (Å²) < 4.78 is 3.65. The Labute approximate surface area is 93.5 Å². The molecule has 0 saturated carbocycles. The lowest BCUT2D eigenvalue weighted by Crippen LogP contribution is -1.98. The first kappa shape index (κ1) is 10.2. The molecule has 4 nitrogen and oxygen atoms in total. The van der Waals surface area contributed by atoms with Gasteiger partial charge in [-0.1, -0.05) is 0 Å². The lowest BCUT2D eigenvalue weighted by molar-refractivity contribution is 0.684. The Morgan fingerprint density at radius 3 is 2.67 bits per heavy atom. The standard InChI is InChI=1S/C10H13ClN4/c1-8(11)10-4-13-15(7-10)6-9-3-12-14(2)5-9/h3-5,7-8H,6H2,1-2H3. The Hall–Kier alpha value is -1.29. The molecule has 80 valence electrons. The lowest BCUT2D eigenvalue weighted by Gasteiger charge is -1.98. The van der Waals surface area contributed by atoms with Crippen molar-refractivity contribution in [3.63, 3.8) is 0 Å². The predicted molar refractivity (Wildman–Crippen MR) is 58.8 cm³/mol. The van der Waals surface area contributed by atoms with E-state index in [0.29, 0.717) is 0 Å². The van der Waals surface area contributed by atoms with E-state index >= 15 is 0 Å². The highest BCUT2D eigenvalue weighted by Crippen LogP contribution is 2.18. The van der Waals surface area contributed by atoms with Gasteiger partial charge in [0.05, 0.1) is 24.3 Å². The highest BCUT2D eigenvalue weighted by Gasteiger charge is 2.05. The molecule has 5 heteroatoms. The Kier molecular flexibility index (Phi) is 2.77. The second-order valence-corrected chi connectivity index (χ2v) is 4.26. The first-order valence-corrected chi connectivity index (χ1v) is 5.23. The molecule has 15 heavy (non-hydrogen) atoms. The summed E-state index contributed by atoms with van der Waals surface area (Å²) in [6.07, 6.45) is 7.58. The van der Waals surface area contributed by atoms with Crippen molar-refractivity contribution in [1.82, 2.24) is 19.6 Å². The molecule has 2 heterocycles. The molecule has 0 amide bonds. The van der Waals surface area contributed by atoms with Crippen molar-refractivity contribution in [2.75, 3.05) is 0 Å². The van der Waals surface area contributed by atoms with Gasteiger partial charge in [-0.05, 0) is 6.92 Å². The van der Waals surface area contributed by atoms with Crippen LogP contribution in [0.4, 0.5) is 0 Å². The van der Waals surface area contributed by atoms with E-state index in [9.17, 15) is 0 Å². The van der Waals surface area contributed by atoms with Gasteiger partial charge in [-0.2, -0.15) is 10.2 Å². The molecule has 0 radical (unpaired) electrons. The number of nitrogens with zero attached hydrogens (tertiary/aromatic N) is 4. The van der Waals surface area contributed by atoms with Gasteiger partial charge in [-0.15, -0.1) is 11.6 Å². The Morgan fingerprint density at radius 2 is 2.13 bits per heavy atom. The molecule has 2 aromatic heterocycles. The zero-order valence-electron chi connectivity index (χ0n) is 8.76. The maximum absolute atomic E-state index is 5.95. The second kappa shape index (κ2) is 4.06. The minimum Gasteiger partial charge on any atom is -0.275 e. The molecule has 0 saturated heterocycles.